The summed E-state index contributed by atoms with van der Waals surface area (Å²) in [6.45, 7) is 5.58. The van der Waals surface area contributed by atoms with Gasteiger partial charge in [-0.3, -0.25) is 4.79 Å². The van der Waals surface area contributed by atoms with Crippen LogP contribution in [0.2, 0.25) is 0 Å². The number of carbonyl (C=O) groups is 3. The Morgan fingerprint density at radius 2 is 1.59 bits per heavy atom. The number of ether oxygens (including phenoxy) is 1. The van der Waals surface area contributed by atoms with Gasteiger partial charge in [-0.1, -0.05) is 12.1 Å². The summed E-state index contributed by atoms with van der Waals surface area (Å²) in [6.07, 6.45) is -0.576. The Kier molecular flexibility index (Phi) is 5.91. The molecule has 0 saturated heterocycles. The number of carbonyl (C=O) groups excluding carboxylic acids is 2. The van der Waals surface area contributed by atoms with Crippen molar-refractivity contribution in [2.24, 2.45) is 0 Å². The number of rotatable bonds is 5. The normalized spacial score (nSPS) is 10.7. The van der Waals surface area contributed by atoms with Gasteiger partial charge in [0.05, 0.1) is 11.1 Å². The van der Waals surface area contributed by atoms with Gasteiger partial charge >= 0.3 is 12.1 Å². The highest BCUT2D eigenvalue weighted by Gasteiger charge is 2.17. The molecule has 0 heterocycles. The topological polar surface area (TPSA) is 105 Å². The number of hydrogen-bond donors (Lipinski definition) is 3. The zero-order valence-corrected chi connectivity index (χ0v) is 12.8. The molecule has 0 saturated carbocycles. The van der Waals surface area contributed by atoms with Gasteiger partial charge in [0.2, 0.25) is 0 Å². The molecule has 0 aliphatic heterocycles. The largest absolute Gasteiger partial charge is 0.478 e. The Hall–Kier alpha value is -2.57. The van der Waals surface area contributed by atoms with Crippen LogP contribution in [0, 0.1) is 0 Å². The molecule has 1 aromatic rings. The molecule has 120 valence electrons. The minimum absolute atomic E-state index is 0.0694. The number of benzene rings is 1. The van der Waals surface area contributed by atoms with Crippen molar-refractivity contribution >= 4 is 18.0 Å². The van der Waals surface area contributed by atoms with Crippen LogP contribution in [0.5, 0.6) is 0 Å². The molecule has 7 heteroatoms. The predicted molar refractivity (Wildman–Crippen MR) is 80.0 cm³/mol. The SMILES string of the molecule is CC(C)(C)OC(=O)NCCNC(=O)c1ccccc1C(=O)O. The van der Waals surface area contributed by atoms with E-state index in [0.29, 0.717) is 0 Å². The smallest absolute Gasteiger partial charge is 0.407 e. The van der Waals surface area contributed by atoms with Crippen molar-refractivity contribution in [3.8, 4) is 0 Å². The van der Waals surface area contributed by atoms with Gasteiger partial charge in [-0.05, 0) is 32.9 Å². The average Bonchev–Trinajstić information content (AvgIpc) is 2.41. The molecule has 0 atom stereocenters. The van der Waals surface area contributed by atoms with E-state index in [2.05, 4.69) is 10.6 Å². The van der Waals surface area contributed by atoms with Crippen LogP contribution in [0.25, 0.3) is 0 Å². The molecule has 22 heavy (non-hydrogen) atoms. The van der Waals surface area contributed by atoms with E-state index in [0.717, 1.165) is 0 Å². The third-order valence-corrected chi connectivity index (χ3v) is 2.48. The summed E-state index contributed by atoms with van der Waals surface area (Å²) in [5, 5.41) is 14.0. The van der Waals surface area contributed by atoms with Crippen molar-refractivity contribution in [2.75, 3.05) is 13.1 Å². The second kappa shape index (κ2) is 7.44. The van der Waals surface area contributed by atoms with Crippen molar-refractivity contribution in [3.63, 3.8) is 0 Å². The first-order valence-corrected chi connectivity index (χ1v) is 6.78. The number of nitrogens with one attached hydrogen (secondary N) is 2. The summed E-state index contributed by atoms with van der Waals surface area (Å²) in [4.78, 5) is 34.3. The Balaban J connectivity index is 2.45. The third kappa shape index (κ3) is 5.82. The molecule has 3 N–H and O–H groups in total. The monoisotopic (exact) mass is 308 g/mol. The van der Waals surface area contributed by atoms with Crippen LogP contribution in [0.15, 0.2) is 24.3 Å². The lowest BCUT2D eigenvalue weighted by molar-refractivity contribution is 0.0526. The first kappa shape index (κ1) is 17.5. The van der Waals surface area contributed by atoms with Gasteiger partial charge in [-0.2, -0.15) is 0 Å². The molecule has 0 spiro atoms. The van der Waals surface area contributed by atoms with Crippen molar-refractivity contribution < 1.29 is 24.2 Å². The van der Waals surface area contributed by atoms with Gasteiger partial charge in [0, 0.05) is 13.1 Å². The molecule has 0 aliphatic carbocycles. The highest BCUT2D eigenvalue weighted by atomic mass is 16.6. The fourth-order valence-corrected chi connectivity index (χ4v) is 1.62. The van der Waals surface area contributed by atoms with Crippen molar-refractivity contribution in [1.82, 2.24) is 10.6 Å². The van der Waals surface area contributed by atoms with Crippen LogP contribution in [0.3, 0.4) is 0 Å². The standard InChI is InChI=1S/C15H20N2O5/c1-15(2,3)22-14(21)17-9-8-16-12(18)10-6-4-5-7-11(10)13(19)20/h4-7H,8-9H2,1-3H3,(H,16,18)(H,17,21)(H,19,20). The summed E-state index contributed by atoms with van der Waals surface area (Å²) >= 11 is 0. The van der Waals surface area contributed by atoms with Crippen molar-refractivity contribution in [3.05, 3.63) is 35.4 Å². The van der Waals surface area contributed by atoms with Gasteiger partial charge in [0.25, 0.3) is 5.91 Å². The van der Waals surface area contributed by atoms with E-state index in [9.17, 15) is 14.4 Å². The highest BCUT2D eigenvalue weighted by Crippen LogP contribution is 2.08. The molecule has 1 aromatic carbocycles. The molecule has 0 unspecified atom stereocenters. The first-order valence-electron chi connectivity index (χ1n) is 6.78. The van der Waals surface area contributed by atoms with Crippen molar-refractivity contribution in [2.45, 2.75) is 26.4 Å². The number of aromatic carboxylic acids is 1. The molecular weight excluding hydrogens is 288 g/mol. The third-order valence-electron chi connectivity index (χ3n) is 2.48. The zero-order chi connectivity index (χ0) is 16.8. The van der Waals surface area contributed by atoms with E-state index in [1.807, 2.05) is 0 Å². The Morgan fingerprint density at radius 1 is 1.05 bits per heavy atom. The van der Waals surface area contributed by atoms with Crippen LogP contribution >= 0.6 is 0 Å². The number of carboxylic acids is 1. The van der Waals surface area contributed by atoms with Crippen LogP contribution in [-0.4, -0.2) is 41.8 Å². The number of hydrogen-bond acceptors (Lipinski definition) is 4. The molecule has 7 nitrogen and oxygen atoms in total. The maximum atomic E-state index is 11.9. The Labute approximate surface area is 128 Å². The lowest BCUT2D eigenvalue weighted by atomic mass is 10.1. The molecule has 0 fully saturated rings. The molecular formula is C15H20N2O5. The van der Waals surface area contributed by atoms with E-state index in [-0.39, 0.29) is 24.2 Å². The minimum Gasteiger partial charge on any atom is -0.478 e. The maximum Gasteiger partial charge on any atom is 0.407 e. The van der Waals surface area contributed by atoms with E-state index in [1.165, 1.54) is 12.1 Å². The number of alkyl carbamates (subject to hydrolysis) is 1. The average molecular weight is 308 g/mol. The summed E-state index contributed by atoms with van der Waals surface area (Å²) < 4.78 is 5.04. The molecule has 2 amide bonds. The Morgan fingerprint density at radius 3 is 2.14 bits per heavy atom. The summed E-state index contributed by atoms with van der Waals surface area (Å²) in [5.74, 6) is -1.68. The fourth-order valence-electron chi connectivity index (χ4n) is 1.62. The van der Waals surface area contributed by atoms with Gasteiger partial charge in [0.1, 0.15) is 5.60 Å². The lowest BCUT2D eigenvalue weighted by Crippen LogP contribution is -2.38. The molecule has 0 bridgehead atoms. The zero-order valence-electron chi connectivity index (χ0n) is 12.8. The van der Waals surface area contributed by atoms with E-state index >= 15 is 0 Å². The number of carboxylic acid groups (broad SMARTS) is 1. The van der Waals surface area contributed by atoms with Crippen LogP contribution < -0.4 is 10.6 Å². The summed E-state index contributed by atoms with van der Waals surface area (Å²) in [5.41, 5.74) is -0.583. The molecule has 0 radical (unpaired) electrons. The van der Waals surface area contributed by atoms with Gasteiger partial charge in [0.15, 0.2) is 0 Å². The van der Waals surface area contributed by atoms with E-state index < -0.39 is 23.6 Å². The van der Waals surface area contributed by atoms with Gasteiger partial charge in [-0.15, -0.1) is 0 Å². The quantitative estimate of drug-likeness (QED) is 0.717. The fraction of sp³-hybridized carbons (Fsp3) is 0.400. The van der Waals surface area contributed by atoms with Crippen LogP contribution in [0.4, 0.5) is 4.79 Å². The predicted octanol–water partition coefficient (Wildman–Crippen LogP) is 1.64. The molecule has 0 aromatic heterocycles. The van der Waals surface area contributed by atoms with Gasteiger partial charge < -0.3 is 20.5 Å². The Bertz CT molecular complexity index is 563. The first-order chi connectivity index (χ1) is 10.2. The maximum absolute atomic E-state index is 11.9. The van der Waals surface area contributed by atoms with Crippen LogP contribution in [0.1, 0.15) is 41.5 Å². The van der Waals surface area contributed by atoms with E-state index in [1.54, 1.807) is 32.9 Å². The summed E-state index contributed by atoms with van der Waals surface area (Å²) in [7, 11) is 0. The van der Waals surface area contributed by atoms with Crippen molar-refractivity contribution in [1.29, 1.82) is 0 Å². The van der Waals surface area contributed by atoms with Gasteiger partial charge in [-0.25, -0.2) is 9.59 Å². The van der Waals surface area contributed by atoms with Crippen LogP contribution in [-0.2, 0) is 4.74 Å². The van der Waals surface area contributed by atoms with E-state index in [4.69, 9.17) is 9.84 Å². The second-order valence-corrected chi connectivity index (χ2v) is 5.54. The minimum atomic E-state index is -1.17. The molecule has 1 rings (SSSR count). The molecule has 0 aliphatic rings. The second-order valence-electron chi connectivity index (χ2n) is 5.54. The summed E-state index contributed by atoms with van der Waals surface area (Å²) in [6, 6.07) is 5.92. The number of amides is 2. The lowest BCUT2D eigenvalue weighted by Gasteiger charge is -2.19. The highest BCUT2D eigenvalue weighted by molar-refractivity contribution is 6.04.